The van der Waals surface area contributed by atoms with Crippen molar-refractivity contribution in [1.29, 1.82) is 0 Å². The number of halogens is 2. The van der Waals surface area contributed by atoms with Crippen molar-refractivity contribution < 1.29 is 0 Å². The third-order valence-electron chi connectivity index (χ3n) is 3.20. The number of aryl methyl sites for hydroxylation is 1. The van der Waals surface area contributed by atoms with Crippen LogP contribution in [0, 0.1) is 13.8 Å². The second-order valence-corrected chi connectivity index (χ2v) is 6.09. The molecule has 0 aliphatic rings. The Kier molecular flexibility index (Phi) is 5.24. The summed E-state index contributed by atoms with van der Waals surface area (Å²) in [6.07, 6.45) is 1.14. The molecule has 0 spiro atoms. The summed E-state index contributed by atoms with van der Waals surface area (Å²) in [6.45, 7) is 7.98. The highest BCUT2D eigenvalue weighted by Crippen LogP contribution is 2.27. The van der Waals surface area contributed by atoms with Gasteiger partial charge in [0.1, 0.15) is 0 Å². The van der Waals surface area contributed by atoms with Gasteiger partial charge in [0.25, 0.3) is 0 Å². The fourth-order valence-corrected chi connectivity index (χ4v) is 2.81. The summed E-state index contributed by atoms with van der Waals surface area (Å²) in [5, 5.41) is 8.61. The number of rotatable bonds is 5. The van der Waals surface area contributed by atoms with E-state index in [1.54, 1.807) is 0 Å². The van der Waals surface area contributed by atoms with Crippen LogP contribution in [0.4, 0.5) is 0 Å². The third kappa shape index (κ3) is 3.25. The van der Waals surface area contributed by atoms with E-state index in [0.717, 1.165) is 46.1 Å². The minimum absolute atomic E-state index is 0.727. The molecule has 0 radical (unpaired) electrons. The lowest BCUT2D eigenvalue weighted by molar-refractivity contribution is 0.675. The smallest absolute Gasteiger partial charge is 0.0848 e. The van der Waals surface area contributed by atoms with Crippen LogP contribution in [0.15, 0.2) is 22.7 Å². The molecular formula is C15H19BrClN3. The van der Waals surface area contributed by atoms with Gasteiger partial charge in [0.05, 0.1) is 22.1 Å². The van der Waals surface area contributed by atoms with Gasteiger partial charge in [-0.2, -0.15) is 5.10 Å². The van der Waals surface area contributed by atoms with Crippen LogP contribution in [0.25, 0.3) is 5.69 Å². The Bertz CT molecular complexity index is 607. The van der Waals surface area contributed by atoms with Crippen molar-refractivity contribution in [3.05, 3.63) is 44.6 Å². The van der Waals surface area contributed by atoms with Crippen molar-refractivity contribution in [2.24, 2.45) is 0 Å². The van der Waals surface area contributed by atoms with Gasteiger partial charge in [-0.05, 0) is 60.4 Å². The van der Waals surface area contributed by atoms with Gasteiger partial charge in [-0.3, -0.25) is 0 Å². The molecule has 0 aliphatic heterocycles. The van der Waals surface area contributed by atoms with E-state index in [1.807, 2.05) is 18.5 Å². The fraction of sp³-hybridized carbons (Fsp3) is 0.400. The molecule has 108 valence electrons. The second-order valence-electron chi connectivity index (χ2n) is 4.86. The van der Waals surface area contributed by atoms with Gasteiger partial charge in [-0.1, -0.05) is 24.6 Å². The van der Waals surface area contributed by atoms with Gasteiger partial charge in [0.15, 0.2) is 0 Å². The molecule has 0 amide bonds. The Labute approximate surface area is 133 Å². The lowest BCUT2D eigenvalue weighted by Gasteiger charge is -2.10. The largest absolute Gasteiger partial charge is 0.313 e. The van der Waals surface area contributed by atoms with E-state index in [1.165, 1.54) is 5.56 Å². The van der Waals surface area contributed by atoms with Crippen LogP contribution in [0.5, 0.6) is 0 Å². The number of hydrogen-bond donors (Lipinski definition) is 1. The highest BCUT2D eigenvalue weighted by atomic mass is 79.9. The van der Waals surface area contributed by atoms with E-state index >= 15 is 0 Å². The van der Waals surface area contributed by atoms with Crippen LogP contribution in [0.2, 0.25) is 5.02 Å². The molecule has 0 saturated carbocycles. The highest BCUT2D eigenvalue weighted by Gasteiger charge is 2.13. The first-order valence-corrected chi connectivity index (χ1v) is 7.93. The summed E-state index contributed by atoms with van der Waals surface area (Å²) in [4.78, 5) is 0. The van der Waals surface area contributed by atoms with Crippen LogP contribution in [-0.2, 0) is 6.54 Å². The Morgan fingerprint density at radius 1 is 1.35 bits per heavy atom. The van der Waals surface area contributed by atoms with E-state index in [2.05, 4.69) is 51.5 Å². The van der Waals surface area contributed by atoms with Crippen molar-refractivity contribution in [3.63, 3.8) is 0 Å². The average Bonchev–Trinajstić information content (AvgIpc) is 2.67. The Morgan fingerprint density at radius 2 is 2.10 bits per heavy atom. The predicted molar refractivity (Wildman–Crippen MR) is 87.7 cm³/mol. The van der Waals surface area contributed by atoms with E-state index in [9.17, 15) is 0 Å². The molecular weight excluding hydrogens is 338 g/mol. The number of hydrogen-bond acceptors (Lipinski definition) is 2. The minimum atomic E-state index is 0.727. The van der Waals surface area contributed by atoms with E-state index in [-0.39, 0.29) is 0 Å². The van der Waals surface area contributed by atoms with Gasteiger partial charge in [-0.15, -0.1) is 0 Å². The molecule has 2 aromatic rings. The number of aromatic nitrogens is 2. The fourth-order valence-electron chi connectivity index (χ4n) is 2.10. The van der Waals surface area contributed by atoms with Crippen molar-refractivity contribution in [3.8, 4) is 5.69 Å². The molecule has 1 N–H and O–H groups in total. The molecule has 0 bridgehead atoms. The first-order chi connectivity index (χ1) is 9.54. The Morgan fingerprint density at radius 3 is 2.65 bits per heavy atom. The minimum Gasteiger partial charge on any atom is -0.313 e. The Balaban J connectivity index is 2.27. The summed E-state index contributed by atoms with van der Waals surface area (Å²) in [5.74, 6) is 0. The summed E-state index contributed by atoms with van der Waals surface area (Å²) in [7, 11) is 0. The summed E-state index contributed by atoms with van der Waals surface area (Å²) in [6, 6.07) is 6.32. The third-order valence-corrected chi connectivity index (χ3v) is 4.38. The van der Waals surface area contributed by atoms with Crippen LogP contribution < -0.4 is 5.32 Å². The highest BCUT2D eigenvalue weighted by molar-refractivity contribution is 9.10. The SMILES string of the molecule is CCCNCc1ccc(-n2nc(C)c(Cl)c2C)c(Br)c1. The standard InChI is InChI=1S/C15H19BrClN3/c1-4-7-18-9-12-5-6-14(13(16)8-12)20-11(3)15(17)10(2)19-20/h5-6,8,18H,4,7,9H2,1-3H3. The van der Waals surface area contributed by atoms with E-state index in [0.29, 0.717) is 0 Å². The molecule has 20 heavy (non-hydrogen) atoms. The Hall–Kier alpha value is -0.840. The lowest BCUT2D eigenvalue weighted by atomic mass is 10.2. The normalized spacial score (nSPS) is 11.1. The summed E-state index contributed by atoms with van der Waals surface area (Å²) >= 11 is 9.84. The molecule has 0 saturated heterocycles. The number of nitrogens with one attached hydrogen (secondary N) is 1. The first kappa shape index (κ1) is 15.5. The van der Waals surface area contributed by atoms with E-state index < -0.39 is 0 Å². The zero-order chi connectivity index (χ0) is 14.7. The van der Waals surface area contributed by atoms with Crippen molar-refractivity contribution in [2.45, 2.75) is 33.7 Å². The molecule has 1 heterocycles. The molecule has 0 atom stereocenters. The van der Waals surface area contributed by atoms with E-state index in [4.69, 9.17) is 11.6 Å². The zero-order valence-corrected chi connectivity index (χ0v) is 14.3. The molecule has 0 aliphatic carbocycles. The van der Waals surface area contributed by atoms with Gasteiger partial charge >= 0.3 is 0 Å². The molecule has 2 rings (SSSR count). The quantitative estimate of drug-likeness (QED) is 0.804. The second kappa shape index (κ2) is 6.74. The molecule has 0 unspecified atom stereocenters. The van der Waals surface area contributed by atoms with Crippen molar-refractivity contribution in [1.82, 2.24) is 15.1 Å². The van der Waals surface area contributed by atoms with Gasteiger partial charge < -0.3 is 5.32 Å². The van der Waals surface area contributed by atoms with Crippen LogP contribution in [0.1, 0.15) is 30.3 Å². The van der Waals surface area contributed by atoms with Gasteiger partial charge in [0.2, 0.25) is 0 Å². The molecule has 1 aromatic carbocycles. The molecule has 5 heteroatoms. The maximum Gasteiger partial charge on any atom is 0.0848 e. The first-order valence-electron chi connectivity index (χ1n) is 6.75. The zero-order valence-electron chi connectivity index (χ0n) is 12.0. The van der Waals surface area contributed by atoms with Crippen LogP contribution in [-0.4, -0.2) is 16.3 Å². The maximum atomic E-state index is 6.21. The summed E-state index contributed by atoms with van der Waals surface area (Å²) in [5.41, 5.74) is 4.07. The number of nitrogens with zero attached hydrogens (tertiary/aromatic N) is 2. The predicted octanol–water partition coefficient (Wildman–Crippen LogP) is 4.40. The number of benzene rings is 1. The van der Waals surface area contributed by atoms with Crippen molar-refractivity contribution in [2.75, 3.05) is 6.54 Å². The lowest BCUT2D eigenvalue weighted by Crippen LogP contribution is -2.13. The topological polar surface area (TPSA) is 29.9 Å². The molecule has 1 aromatic heterocycles. The monoisotopic (exact) mass is 355 g/mol. The van der Waals surface area contributed by atoms with Gasteiger partial charge in [0, 0.05) is 11.0 Å². The summed E-state index contributed by atoms with van der Waals surface area (Å²) < 4.78 is 2.90. The van der Waals surface area contributed by atoms with Crippen LogP contribution >= 0.6 is 27.5 Å². The molecule has 0 fully saturated rings. The van der Waals surface area contributed by atoms with Gasteiger partial charge in [-0.25, -0.2) is 4.68 Å². The maximum absolute atomic E-state index is 6.21. The molecule has 3 nitrogen and oxygen atoms in total. The van der Waals surface area contributed by atoms with Crippen molar-refractivity contribution >= 4 is 27.5 Å². The average molecular weight is 357 g/mol. The van der Waals surface area contributed by atoms with Crippen LogP contribution in [0.3, 0.4) is 0 Å².